The van der Waals surface area contributed by atoms with Crippen LogP contribution in [0.15, 0.2) is 48.5 Å². The Hall–Kier alpha value is -2.44. The van der Waals surface area contributed by atoms with E-state index < -0.39 is 0 Å². The molecule has 0 atom stereocenters. The van der Waals surface area contributed by atoms with Crippen LogP contribution in [0.25, 0.3) is 11.1 Å². The summed E-state index contributed by atoms with van der Waals surface area (Å²) < 4.78 is 0. The van der Waals surface area contributed by atoms with Gasteiger partial charge in [0.1, 0.15) is 0 Å². The molecule has 0 saturated carbocycles. The van der Waals surface area contributed by atoms with Crippen LogP contribution in [0, 0.1) is 23.7 Å². The molecule has 0 aliphatic carbocycles. The van der Waals surface area contributed by atoms with Gasteiger partial charge in [0.05, 0.1) is 0 Å². The van der Waals surface area contributed by atoms with Gasteiger partial charge in [0.15, 0.2) is 0 Å². The molecule has 0 heterocycles. The van der Waals surface area contributed by atoms with Crippen molar-refractivity contribution >= 4 is 0 Å². The second kappa shape index (κ2) is 12.0. The highest BCUT2D eigenvalue weighted by Crippen LogP contribution is 2.20. The fourth-order valence-corrected chi connectivity index (χ4v) is 2.75. The summed E-state index contributed by atoms with van der Waals surface area (Å²) in [5.74, 6) is 13.1. The van der Waals surface area contributed by atoms with Crippen molar-refractivity contribution in [2.45, 2.75) is 65.2 Å². The van der Waals surface area contributed by atoms with Gasteiger partial charge in [0.2, 0.25) is 0 Å². The Morgan fingerprint density at radius 3 is 1.27 bits per heavy atom. The molecule has 0 bridgehead atoms. The average molecular weight is 343 g/mol. The van der Waals surface area contributed by atoms with Gasteiger partial charge in [-0.15, -0.1) is 0 Å². The summed E-state index contributed by atoms with van der Waals surface area (Å²) in [5, 5.41) is 0. The van der Waals surface area contributed by atoms with E-state index in [2.05, 4.69) is 86.1 Å². The van der Waals surface area contributed by atoms with E-state index in [4.69, 9.17) is 0 Å². The fourth-order valence-electron chi connectivity index (χ4n) is 2.75. The molecule has 0 aliphatic heterocycles. The smallest absolute Gasteiger partial charge is 0.0245 e. The normalized spacial score (nSPS) is 9.77. The van der Waals surface area contributed by atoms with E-state index in [1.807, 2.05) is 0 Å². The minimum atomic E-state index is 0.997. The molecule has 0 fully saturated rings. The molecule has 0 aromatic heterocycles. The van der Waals surface area contributed by atoms with Gasteiger partial charge in [0, 0.05) is 24.0 Å². The highest BCUT2D eigenvalue weighted by atomic mass is 14.0. The SMILES string of the molecule is CCCCCC#Cc1ccc(-c2ccc(C#CCCCCC)cc2)cc1. The predicted octanol–water partition coefficient (Wildman–Crippen LogP) is 7.22. The van der Waals surface area contributed by atoms with Gasteiger partial charge in [-0.3, -0.25) is 0 Å². The van der Waals surface area contributed by atoms with Crippen LogP contribution in [0.5, 0.6) is 0 Å². The Kier molecular flexibility index (Phi) is 9.18. The van der Waals surface area contributed by atoms with Crippen LogP contribution in [0.2, 0.25) is 0 Å². The van der Waals surface area contributed by atoms with Crippen LogP contribution < -0.4 is 0 Å². The van der Waals surface area contributed by atoms with Crippen LogP contribution in [0.4, 0.5) is 0 Å². The molecule has 2 aromatic rings. The van der Waals surface area contributed by atoms with E-state index in [0.29, 0.717) is 0 Å². The predicted molar refractivity (Wildman–Crippen MR) is 114 cm³/mol. The van der Waals surface area contributed by atoms with Gasteiger partial charge in [0.25, 0.3) is 0 Å². The summed E-state index contributed by atoms with van der Waals surface area (Å²) in [5.41, 5.74) is 4.65. The van der Waals surface area contributed by atoms with Crippen molar-refractivity contribution in [2.24, 2.45) is 0 Å². The lowest BCUT2D eigenvalue weighted by molar-refractivity contribution is 0.737. The average Bonchev–Trinajstić information content (AvgIpc) is 2.69. The Morgan fingerprint density at radius 1 is 0.538 bits per heavy atom. The maximum absolute atomic E-state index is 3.27. The quantitative estimate of drug-likeness (QED) is 0.368. The lowest BCUT2D eigenvalue weighted by Gasteiger charge is -2.02. The van der Waals surface area contributed by atoms with Gasteiger partial charge in [-0.2, -0.15) is 0 Å². The number of benzene rings is 2. The van der Waals surface area contributed by atoms with Crippen molar-refractivity contribution < 1.29 is 0 Å². The molecule has 0 radical (unpaired) electrons. The van der Waals surface area contributed by atoms with Crippen molar-refractivity contribution in [3.63, 3.8) is 0 Å². The Labute approximate surface area is 160 Å². The second-order valence-electron chi connectivity index (χ2n) is 6.67. The Balaban J connectivity index is 1.92. The first-order chi connectivity index (χ1) is 12.8. The van der Waals surface area contributed by atoms with E-state index in [9.17, 15) is 0 Å². The summed E-state index contributed by atoms with van der Waals surface area (Å²) in [4.78, 5) is 0. The van der Waals surface area contributed by atoms with Crippen LogP contribution >= 0.6 is 0 Å². The highest BCUT2D eigenvalue weighted by molar-refractivity contribution is 5.65. The molecule has 0 N–H and O–H groups in total. The first-order valence-electron chi connectivity index (χ1n) is 10.0. The third kappa shape index (κ3) is 7.21. The molecule has 0 heteroatoms. The summed E-state index contributed by atoms with van der Waals surface area (Å²) in [6.07, 6.45) is 9.44. The first-order valence-corrected chi connectivity index (χ1v) is 10.0. The van der Waals surface area contributed by atoms with Gasteiger partial charge >= 0.3 is 0 Å². The highest BCUT2D eigenvalue weighted by Gasteiger charge is 1.97. The molecular formula is C26H30. The molecular weight excluding hydrogens is 312 g/mol. The minimum absolute atomic E-state index is 0.997. The summed E-state index contributed by atoms with van der Waals surface area (Å²) >= 11 is 0. The molecule has 2 aromatic carbocycles. The third-order valence-electron chi connectivity index (χ3n) is 4.38. The maximum Gasteiger partial charge on any atom is 0.0245 e. The van der Waals surface area contributed by atoms with Crippen LogP contribution in [-0.4, -0.2) is 0 Å². The van der Waals surface area contributed by atoms with E-state index >= 15 is 0 Å². The van der Waals surface area contributed by atoms with Crippen LogP contribution in [-0.2, 0) is 0 Å². The first kappa shape index (κ1) is 19.9. The number of hydrogen-bond donors (Lipinski definition) is 0. The fraction of sp³-hybridized carbons (Fsp3) is 0.385. The molecule has 0 saturated heterocycles. The van der Waals surface area contributed by atoms with E-state index in [0.717, 1.165) is 24.0 Å². The summed E-state index contributed by atoms with van der Waals surface area (Å²) in [6, 6.07) is 17.1. The lowest BCUT2D eigenvalue weighted by atomic mass is 10.0. The summed E-state index contributed by atoms with van der Waals surface area (Å²) in [6.45, 7) is 4.44. The topological polar surface area (TPSA) is 0 Å². The summed E-state index contributed by atoms with van der Waals surface area (Å²) in [7, 11) is 0. The van der Waals surface area contributed by atoms with Crippen molar-refractivity contribution in [3.05, 3.63) is 59.7 Å². The van der Waals surface area contributed by atoms with Crippen LogP contribution in [0.3, 0.4) is 0 Å². The maximum atomic E-state index is 3.27. The molecule has 134 valence electrons. The van der Waals surface area contributed by atoms with Gasteiger partial charge in [-0.1, -0.05) is 87.5 Å². The number of unbranched alkanes of at least 4 members (excludes halogenated alkanes) is 6. The van der Waals surface area contributed by atoms with Gasteiger partial charge < -0.3 is 0 Å². The zero-order chi connectivity index (χ0) is 18.5. The zero-order valence-electron chi connectivity index (χ0n) is 16.3. The molecule has 2 rings (SSSR count). The standard InChI is InChI=1S/C26H30/c1-3-5-7-9-11-13-23-15-19-25(20-16-23)26-21-17-24(18-22-26)14-12-10-8-6-4-2/h15-22H,3-10H2,1-2H3. The van der Waals surface area contributed by atoms with Crippen molar-refractivity contribution in [3.8, 4) is 34.8 Å². The number of hydrogen-bond acceptors (Lipinski definition) is 0. The zero-order valence-corrected chi connectivity index (χ0v) is 16.3. The Bertz CT molecular complexity index is 686. The molecule has 0 amide bonds. The van der Waals surface area contributed by atoms with E-state index in [1.54, 1.807) is 0 Å². The molecule has 0 nitrogen and oxygen atoms in total. The van der Waals surface area contributed by atoms with Crippen molar-refractivity contribution in [1.29, 1.82) is 0 Å². The molecule has 0 aliphatic rings. The molecule has 26 heavy (non-hydrogen) atoms. The van der Waals surface area contributed by atoms with E-state index in [1.165, 1.54) is 49.7 Å². The number of rotatable bonds is 7. The Morgan fingerprint density at radius 2 is 0.923 bits per heavy atom. The monoisotopic (exact) mass is 342 g/mol. The second-order valence-corrected chi connectivity index (χ2v) is 6.67. The largest absolute Gasteiger partial charge is 0.0979 e. The van der Waals surface area contributed by atoms with Gasteiger partial charge in [-0.05, 0) is 48.2 Å². The molecule has 0 unspecified atom stereocenters. The third-order valence-corrected chi connectivity index (χ3v) is 4.38. The minimum Gasteiger partial charge on any atom is -0.0979 e. The lowest BCUT2D eigenvalue weighted by Crippen LogP contribution is -1.81. The van der Waals surface area contributed by atoms with Crippen LogP contribution in [0.1, 0.15) is 76.3 Å². The molecule has 0 spiro atoms. The van der Waals surface area contributed by atoms with Gasteiger partial charge in [-0.25, -0.2) is 0 Å². The van der Waals surface area contributed by atoms with Crippen molar-refractivity contribution in [2.75, 3.05) is 0 Å². The van der Waals surface area contributed by atoms with Crippen molar-refractivity contribution in [1.82, 2.24) is 0 Å². The van der Waals surface area contributed by atoms with E-state index in [-0.39, 0.29) is 0 Å².